The second-order valence-electron chi connectivity index (χ2n) is 11.4. The summed E-state index contributed by atoms with van der Waals surface area (Å²) in [7, 11) is 1.87. The summed E-state index contributed by atoms with van der Waals surface area (Å²) in [6, 6.07) is 21.8. The number of rotatable bonds is 10. The Morgan fingerprint density at radius 3 is 2.36 bits per heavy atom. The molecule has 0 spiro atoms. The van der Waals surface area contributed by atoms with Crippen molar-refractivity contribution in [1.29, 1.82) is 0 Å². The first-order valence-corrected chi connectivity index (χ1v) is 15.8. The Labute approximate surface area is 252 Å². The molecule has 224 valence electrons. The van der Waals surface area contributed by atoms with E-state index in [2.05, 4.69) is 21.2 Å². The average molecular weight is 591 g/mol. The number of ether oxygens (including phenoxy) is 1. The van der Waals surface area contributed by atoms with Gasteiger partial charge in [-0.15, -0.1) is 11.3 Å². The highest BCUT2D eigenvalue weighted by molar-refractivity contribution is 7.14. The first-order chi connectivity index (χ1) is 20.5. The van der Waals surface area contributed by atoms with Crippen molar-refractivity contribution in [3.63, 3.8) is 0 Å². The van der Waals surface area contributed by atoms with Crippen LogP contribution in [0.15, 0.2) is 66.7 Å². The maximum Gasteiger partial charge on any atom is 0.411 e. The molecule has 0 atom stereocenters. The van der Waals surface area contributed by atoms with Gasteiger partial charge in [-0.05, 0) is 68.5 Å². The van der Waals surface area contributed by atoms with Crippen LogP contribution < -0.4 is 5.32 Å². The van der Waals surface area contributed by atoms with E-state index in [1.54, 1.807) is 11.3 Å². The Morgan fingerprint density at radius 2 is 1.62 bits per heavy atom. The van der Waals surface area contributed by atoms with E-state index in [1.165, 1.54) is 4.88 Å². The average Bonchev–Trinajstić information content (AvgIpc) is 3.49. The van der Waals surface area contributed by atoms with Crippen molar-refractivity contribution in [2.45, 2.75) is 38.3 Å². The third kappa shape index (κ3) is 8.19. The number of para-hydroxylation sites is 1. The maximum atomic E-state index is 13.1. The van der Waals surface area contributed by atoms with Gasteiger partial charge in [0.25, 0.3) is 5.91 Å². The minimum Gasteiger partial charge on any atom is -0.446 e. The lowest BCUT2D eigenvalue weighted by Crippen LogP contribution is -2.42. The number of amides is 2. The molecule has 0 aliphatic carbocycles. The maximum absolute atomic E-state index is 13.1. The number of benzene rings is 2. The lowest BCUT2D eigenvalue weighted by molar-refractivity contribution is 0.0541. The number of thiophene rings is 1. The number of hydrogen-bond acceptors (Lipinski definition) is 7. The van der Waals surface area contributed by atoms with Crippen LogP contribution in [-0.2, 0) is 11.3 Å². The Hall–Kier alpha value is -3.24. The second-order valence-corrected chi connectivity index (χ2v) is 12.5. The normalized spacial score (nSPS) is 17.2. The van der Waals surface area contributed by atoms with Gasteiger partial charge >= 0.3 is 6.09 Å². The minimum absolute atomic E-state index is 0.0657. The number of likely N-dealkylation sites (tertiary alicyclic amines) is 2. The quantitative estimate of drug-likeness (QED) is 0.329. The molecule has 42 heavy (non-hydrogen) atoms. The van der Waals surface area contributed by atoms with E-state index < -0.39 is 6.09 Å². The zero-order valence-corrected chi connectivity index (χ0v) is 25.2. The van der Waals surface area contributed by atoms with Crippen LogP contribution in [0.25, 0.3) is 11.1 Å². The number of aliphatic hydroxyl groups is 1. The predicted molar refractivity (Wildman–Crippen MR) is 168 cm³/mol. The van der Waals surface area contributed by atoms with Gasteiger partial charge in [-0.25, -0.2) is 4.79 Å². The molecule has 3 heterocycles. The van der Waals surface area contributed by atoms with Gasteiger partial charge in [0.15, 0.2) is 0 Å². The van der Waals surface area contributed by atoms with Gasteiger partial charge < -0.3 is 19.6 Å². The van der Waals surface area contributed by atoms with Crippen molar-refractivity contribution in [3.05, 3.63) is 76.5 Å². The molecule has 2 aliphatic rings. The number of carbonyl (C=O) groups excluding carboxylic acids is 2. The molecule has 9 heteroatoms. The van der Waals surface area contributed by atoms with Crippen molar-refractivity contribution in [1.82, 2.24) is 14.7 Å². The van der Waals surface area contributed by atoms with Crippen molar-refractivity contribution in [3.8, 4) is 11.1 Å². The Balaban J connectivity index is 1.02. The van der Waals surface area contributed by atoms with Gasteiger partial charge in [0.2, 0.25) is 0 Å². The van der Waals surface area contributed by atoms with E-state index in [-0.39, 0.29) is 18.6 Å². The summed E-state index contributed by atoms with van der Waals surface area (Å²) < 4.78 is 5.77. The zero-order valence-electron chi connectivity index (χ0n) is 24.4. The zero-order chi connectivity index (χ0) is 29.3. The van der Waals surface area contributed by atoms with Crippen LogP contribution in [0.2, 0.25) is 0 Å². The van der Waals surface area contributed by atoms with Crippen LogP contribution >= 0.6 is 11.3 Å². The lowest BCUT2D eigenvalue weighted by Gasteiger charge is -2.32. The third-order valence-electron chi connectivity index (χ3n) is 8.37. The first kappa shape index (κ1) is 30.2. The molecule has 0 bridgehead atoms. The van der Waals surface area contributed by atoms with Crippen LogP contribution in [0.4, 0.5) is 10.5 Å². The Bertz CT molecular complexity index is 1300. The molecule has 2 fully saturated rings. The first-order valence-electron chi connectivity index (χ1n) is 15.0. The van der Waals surface area contributed by atoms with E-state index in [4.69, 9.17) is 4.74 Å². The lowest BCUT2D eigenvalue weighted by atomic mass is 9.98. The summed E-state index contributed by atoms with van der Waals surface area (Å²) in [4.78, 5) is 34.3. The molecule has 0 saturated carbocycles. The van der Waals surface area contributed by atoms with E-state index in [9.17, 15) is 14.7 Å². The Kier molecular flexibility index (Phi) is 10.6. The number of nitrogens with zero attached hydrogens (tertiary/aromatic N) is 3. The van der Waals surface area contributed by atoms with E-state index in [1.807, 2.05) is 72.6 Å². The molecule has 0 radical (unpaired) electrons. The van der Waals surface area contributed by atoms with Crippen molar-refractivity contribution < 1.29 is 19.4 Å². The fourth-order valence-electron chi connectivity index (χ4n) is 5.71. The molecule has 3 aromatic rings. The van der Waals surface area contributed by atoms with Gasteiger partial charge in [-0.3, -0.25) is 15.0 Å². The molecule has 0 unspecified atom stereocenters. The molecular weight excluding hydrogens is 548 g/mol. The van der Waals surface area contributed by atoms with Crippen LogP contribution in [-0.4, -0.2) is 90.8 Å². The van der Waals surface area contributed by atoms with Gasteiger partial charge in [-0.1, -0.05) is 48.5 Å². The Morgan fingerprint density at radius 1 is 0.929 bits per heavy atom. The molecule has 8 nitrogen and oxygen atoms in total. The monoisotopic (exact) mass is 590 g/mol. The number of nitrogens with one attached hydrogen (secondary N) is 1. The number of carbonyl (C=O) groups is 2. The van der Waals surface area contributed by atoms with Crippen LogP contribution in [0.1, 0.15) is 40.2 Å². The minimum atomic E-state index is -0.424. The van der Waals surface area contributed by atoms with Crippen LogP contribution in [0, 0.1) is 5.92 Å². The summed E-state index contributed by atoms with van der Waals surface area (Å²) in [5.41, 5.74) is 2.74. The van der Waals surface area contributed by atoms with Gasteiger partial charge in [-0.2, -0.15) is 0 Å². The SMILES string of the molecule is CN(CCN1CCC(OC(=O)Nc2ccccc2-c2ccccc2)CC1)C(=O)c1ccc(CN2CCC(CO)CC2)s1. The molecule has 2 aromatic carbocycles. The number of piperidine rings is 2. The smallest absolute Gasteiger partial charge is 0.411 e. The molecule has 2 N–H and O–H groups in total. The highest BCUT2D eigenvalue weighted by Crippen LogP contribution is 2.28. The fourth-order valence-corrected chi connectivity index (χ4v) is 6.75. The summed E-state index contributed by atoms with van der Waals surface area (Å²) in [6.07, 6.45) is 3.08. The summed E-state index contributed by atoms with van der Waals surface area (Å²) in [5, 5.41) is 12.3. The van der Waals surface area contributed by atoms with Gasteiger partial charge in [0.1, 0.15) is 6.10 Å². The number of hydrogen-bond donors (Lipinski definition) is 2. The van der Waals surface area contributed by atoms with Crippen molar-refractivity contribution in [2.75, 3.05) is 58.2 Å². The van der Waals surface area contributed by atoms with Crippen LogP contribution in [0.5, 0.6) is 0 Å². The molecule has 5 rings (SSSR count). The second kappa shape index (κ2) is 14.8. The van der Waals surface area contributed by atoms with Crippen molar-refractivity contribution >= 4 is 29.0 Å². The van der Waals surface area contributed by atoms with E-state index in [0.717, 1.165) is 86.6 Å². The fraction of sp³-hybridized carbons (Fsp3) is 0.455. The standard InChI is InChI=1S/C33H42N4O4S/c1-35(32(39)31-12-11-28(42-31)23-37-17-13-25(24-38)14-18-37)21-22-36-19-15-27(16-20-36)41-33(40)34-30-10-6-5-9-29(30)26-7-3-2-4-8-26/h2-12,25,27,38H,13-24H2,1H3,(H,34,40). The highest BCUT2D eigenvalue weighted by Gasteiger charge is 2.24. The van der Waals surface area contributed by atoms with E-state index >= 15 is 0 Å². The molecule has 2 amide bonds. The molecule has 2 saturated heterocycles. The van der Waals surface area contributed by atoms with Gasteiger partial charge in [0, 0.05) is 56.8 Å². The number of aliphatic hydroxyl groups excluding tert-OH is 1. The molecule has 2 aliphatic heterocycles. The summed E-state index contributed by atoms with van der Waals surface area (Å²) in [5.74, 6) is 0.498. The topological polar surface area (TPSA) is 85.4 Å². The summed E-state index contributed by atoms with van der Waals surface area (Å²) in [6.45, 7) is 6.27. The molecular formula is C33H42N4O4S. The number of anilines is 1. The van der Waals surface area contributed by atoms with E-state index in [0.29, 0.717) is 12.5 Å². The predicted octanol–water partition coefficient (Wildman–Crippen LogP) is 5.40. The highest BCUT2D eigenvalue weighted by atomic mass is 32.1. The largest absolute Gasteiger partial charge is 0.446 e. The van der Waals surface area contributed by atoms with Crippen LogP contribution in [0.3, 0.4) is 0 Å². The van der Waals surface area contributed by atoms with Crippen molar-refractivity contribution in [2.24, 2.45) is 5.92 Å². The van der Waals surface area contributed by atoms with Gasteiger partial charge in [0.05, 0.1) is 10.6 Å². The number of likely N-dealkylation sites (N-methyl/N-ethyl adjacent to an activating group) is 1. The molecule has 1 aromatic heterocycles. The summed E-state index contributed by atoms with van der Waals surface area (Å²) >= 11 is 1.59. The third-order valence-corrected chi connectivity index (χ3v) is 9.43.